The predicted molar refractivity (Wildman–Crippen MR) is 160 cm³/mol. The number of rotatable bonds is 10. The molecule has 1 aliphatic carbocycles. The third kappa shape index (κ3) is 6.82. The van der Waals surface area contributed by atoms with Crippen molar-refractivity contribution in [2.24, 2.45) is 5.92 Å². The monoisotopic (exact) mass is 581 g/mol. The number of piperidine rings is 1. The van der Waals surface area contributed by atoms with Gasteiger partial charge in [0.15, 0.2) is 0 Å². The Hall–Kier alpha value is -2.53. The summed E-state index contributed by atoms with van der Waals surface area (Å²) < 4.78 is 5.87. The number of nitrogens with zero attached hydrogens (tertiary/aromatic N) is 2. The highest BCUT2D eigenvalue weighted by atomic mass is 16.5. The van der Waals surface area contributed by atoms with Gasteiger partial charge in [0.05, 0.1) is 23.2 Å². The van der Waals surface area contributed by atoms with E-state index in [0.717, 1.165) is 76.6 Å². The Labute approximate surface area is 249 Å². The zero-order chi connectivity index (χ0) is 29.7. The van der Waals surface area contributed by atoms with Crippen LogP contribution in [0.15, 0.2) is 48.5 Å². The number of carboxylic acids is 1. The van der Waals surface area contributed by atoms with E-state index in [4.69, 9.17) is 9.84 Å². The summed E-state index contributed by atoms with van der Waals surface area (Å²) in [4.78, 5) is 15.5. The topological polar surface area (TPSA) is 126 Å². The largest absolute Gasteiger partial charge is 0.478 e. The molecule has 3 aliphatic rings. The molecule has 5 N–H and O–H groups in total. The average molecular weight is 582 g/mol. The van der Waals surface area contributed by atoms with Crippen LogP contribution < -0.4 is 10.1 Å². The minimum Gasteiger partial charge on any atom is -0.478 e. The lowest BCUT2D eigenvalue weighted by atomic mass is 9.77. The maximum absolute atomic E-state index is 11.6. The first-order valence-electron chi connectivity index (χ1n) is 15.7. The Morgan fingerprint density at radius 2 is 1.62 bits per heavy atom. The number of hydrogen-bond donors (Lipinski definition) is 5. The minimum absolute atomic E-state index is 0.163. The van der Waals surface area contributed by atoms with Gasteiger partial charge in [0.25, 0.3) is 0 Å². The molecule has 0 bridgehead atoms. The zero-order valence-corrected chi connectivity index (χ0v) is 24.7. The van der Waals surface area contributed by atoms with Gasteiger partial charge < -0.3 is 25.2 Å². The van der Waals surface area contributed by atoms with Gasteiger partial charge in [0.1, 0.15) is 24.0 Å². The molecule has 0 radical (unpaired) electrons. The SMILES string of the molecule is CCCCN1[C@H](O)[C@@H]([C@H](O)C2CCCCC2)N[C@H](O)C12CCN(Cc1ccc(Oc3ccc(C(=O)O)cc3)cc1)CC2. The van der Waals surface area contributed by atoms with Crippen LogP contribution in [0.2, 0.25) is 0 Å². The Kier molecular flexibility index (Phi) is 10.2. The van der Waals surface area contributed by atoms with Gasteiger partial charge in [-0.05, 0) is 80.0 Å². The van der Waals surface area contributed by atoms with Gasteiger partial charge in [-0.3, -0.25) is 15.1 Å². The van der Waals surface area contributed by atoms with E-state index in [-0.39, 0.29) is 11.5 Å². The number of hydrogen-bond acceptors (Lipinski definition) is 8. The fraction of sp³-hybridized carbons (Fsp3) is 0.606. The van der Waals surface area contributed by atoms with E-state index in [2.05, 4.69) is 22.0 Å². The summed E-state index contributed by atoms with van der Waals surface area (Å²) in [6.07, 6.45) is 6.44. The highest BCUT2D eigenvalue weighted by Gasteiger charge is 2.55. The Bertz CT molecular complexity index is 1150. The summed E-state index contributed by atoms with van der Waals surface area (Å²) in [5.74, 6) is 0.459. The van der Waals surface area contributed by atoms with Crippen LogP contribution in [-0.2, 0) is 6.54 Å². The molecule has 0 unspecified atom stereocenters. The smallest absolute Gasteiger partial charge is 0.335 e. The Morgan fingerprint density at radius 3 is 2.21 bits per heavy atom. The molecule has 2 aromatic rings. The van der Waals surface area contributed by atoms with Crippen LogP contribution in [0.4, 0.5) is 0 Å². The summed E-state index contributed by atoms with van der Waals surface area (Å²) in [6.45, 7) is 5.19. The molecule has 5 rings (SSSR count). The van der Waals surface area contributed by atoms with Crippen molar-refractivity contribution in [2.75, 3.05) is 19.6 Å². The lowest BCUT2D eigenvalue weighted by molar-refractivity contribution is -0.213. The lowest BCUT2D eigenvalue weighted by Crippen LogP contribution is -2.78. The van der Waals surface area contributed by atoms with Crippen LogP contribution in [0.5, 0.6) is 11.5 Å². The maximum atomic E-state index is 11.6. The van der Waals surface area contributed by atoms with Crippen molar-refractivity contribution < 1.29 is 30.0 Å². The summed E-state index contributed by atoms with van der Waals surface area (Å²) in [5, 5.41) is 46.7. The van der Waals surface area contributed by atoms with Gasteiger partial charge in [-0.2, -0.15) is 0 Å². The van der Waals surface area contributed by atoms with Crippen LogP contribution in [0.3, 0.4) is 0 Å². The van der Waals surface area contributed by atoms with Crippen molar-refractivity contribution in [3.8, 4) is 11.5 Å². The van der Waals surface area contributed by atoms with E-state index < -0.39 is 36.1 Å². The van der Waals surface area contributed by atoms with E-state index in [1.165, 1.54) is 18.6 Å². The average Bonchev–Trinajstić information content (AvgIpc) is 3.01. The molecule has 4 atom stereocenters. The van der Waals surface area contributed by atoms with Gasteiger partial charge in [-0.25, -0.2) is 4.79 Å². The molecule has 9 nitrogen and oxygen atoms in total. The molecule has 1 saturated carbocycles. The van der Waals surface area contributed by atoms with E-state index in [0.29, 0.717) is 18.0 Å². The number of piperazine rings is 1. The van der Waals surface area contributed by atoms with Gasteiger partial charge in [-0.1, -0.05) is 44.7 Å². The molecule has 1 spiro atoms. The number of aliphatic hydroxyl groups is 3. The molecule has 0 aromatic heterocycles. The van der Waals surface area contributed by atoms with E-state index in [1.54, 1.807) is 12.1 Å². The van der Waals surface area contributed by atoms with Crippen LogP contribution >= 0.6 is 0 Å². The number of benzene rings is 2. The summed E-state index contributed by atoms with van der Waals surface area (Å²) in [6, 6.07) is 13.7. The van der Waals surface area contributed by atoms with E-state index >= 15 is 0 Å². The quantitative estimate of drug-likeness (QED) is 0.281. The molecule has 0 amide bonds. The minimum atomic E-state index is -0.966. The van der Waals surface area contributed by atoms with Gasteiger partial charge >= 0.3 is 5.97 Å². The second-order valence-corrected chi connectivity index (χ2v) is 12.4. The second-order valence-electron chi connectivity index (χ2n) is 12.4. The van der Waals surface area contributed by atoms with Crippen molar-refractivity contribution in [1.29, 1.82) is 0 Å². The molecule has 2 aliphatic heterocycles. The van der Waals surface area contributed by atoms with E-state index in [1.807, 2.05) is 24.3 Å². The predicted octanol–water partition coefficient (Wildman–Crippen LogP) is 4.16. The van der Waals surface area contributed by atoms with Crippen LogP contribution in [0.25, 0.3) is 0 Å². The zero-order valence-electron chi connectivity index (χ0n) is 24.7. The Morgan fingerprint density at radius 1 is 1.00 bits per heavy atom. The first-order valence-corrected chi connectivity index (χ1v) is 15.7. The number of nitrogens with one attached hydrogen (secondary N) is 1. The first-order chi connectivity index (χ1) is 20.3. The molecular formula is C33H47N3O6. The van der Waals surface area contributed by atoms with Crippen molar-refractivity contribution in [2.45, 2.75) is 101 Å². The maximum Gasteiger partial charge on any atom is 0.335 e. The van der Waals surface area contributed by atoms with Crippen molar-refractivity contribution >= 4 is 5.97 Å². The van der Waals surface area contributed by atoms with Gasteiger partial charge in [-0.15, -0.1) is 0 Å². The number of ether oxygens (including phenoxy) is 1. The van der Waals surface area contributed by atoms with Crippen LogP contribution in [-0.4, -0.2) is 86.0 Å². The summed E-state index contributed by atoms with van der Waals surface area (Å²) in [7, 11) is 0. The first kappa shape index (κ1) is 30.9. The van der Waals surface area contributed by atoms with Crippen LogP contribution in [0, 0.1) is 5.92 Å². The van der Waals surface area contributed by atoms with Gasteiger partial charge in [0.2, 0.25) is 0 Å². The standard InChI is InChI=1S/C33H47N3O6/c1-2-3-19-36-30(38)28(29(37)24-7-5-4-6-8-24)34-32(41)33(36)17-20-35(21-18-33)22-23-9-13-26(14-10-23)42-27-15-11-25(12-16-27)31(39)40/h9-16,24,28-30,32,34,37-38,41H,2-8,17-22H2,1H3,(H,39,40)/t28-,29-,30-,32-/m1/s1. The molecule has 2 aromatic carbocycles. The highest BCUT2D eigenvalue weighted by molar-refractivity contribution is 5.87. The third-order valence-electron chi connectivity index (χ3n) is 9.71. The van der Waals surface area contributed by atoms with Gasteiger partial charge in [0, 0.05) is 26.2 Å². The molecular weight excluding hydrogens is 534 g/mol. The van der Waals surface area contributed by atoms with Crippen molar-refractivity contribution in [3.05, 3.63) is 59.7 Å². The number of carboxylic acid groups (broad SMARTS) is 1. The highest BCUT2D eigenvalue weighted by Crippen LogP contribution is 2.39. The molecule has 9 heteroatoms. The number of likely N-dealkylation sites (tertiary alicyclic amines) is 1. The number of aromatic carboxylic acids is 1. The fourth-order valence-electron chi connectivity index (χ4n) is 7.15. The molecule has 2 saturated heterocycles. The molecule has 230 valence electrons. The number of unbranched alkanes of at least 4 members (excludes halogenated alkanes) is 1. The Balaban J connectivity index is 1.19. The molecule has 2 heterocycles. The molecule has 3 fully saturated rings. The number of carbonyl (C=O) groups is 1. The fourth-order valence-corrected chi connectivity index (χ4v) is 7.15. The van der Waals surface area contributed by atoms with Crippen molar-refractivity contribution in [1.82, 2.24) is 15.1 Å². The normalized spacial score (nSPS) is 26.2. The third-order valence-corrected chi connectivity index (χ3v) is 9.71. The molecule has 42 heavy (non-hydrogen) atoms. The summed E-state index contributed by atoms with van der Waals surface area (Å²) in [5.41, 5.74) is 0.805. The lowest BCUT2D eigenvalue weighted by Gasteiger charge is -2.59. The number of aliphatic hydroxyl groups excluding tert-OH is 3. The van der Waals surface area contributed by atoms with Crippen molar-refractivity contribution in [3.63, 3.8) is 0 Å². The second kappa shape index (κ2) is 13.8. The summed E-state index contributed by atoms with van der Waals surface area (Å²) >= 11 is 0. The van der Waals surface area contributed by atoms with Crippen LogP contribution in [0.1, 0.15) is 80.6 Å². The van der Waals surface area contributed by atoms with E-state index in [9.17, 15) is 20.1 Å².